The predicted molar refractivity (Wildman–Crippen MR) is 153 cm³/mol. The third-order valence-corrected chi connectivity index (χ3v) is 6.96. The Morgan fingerprint density at radius 1 is 0.821 bits per heavy atom. The van der Waals surface area contributed by atoms with Gasteiger partial charge in [-0.25, -0.2) is 9.48 Å². The highest BCUT2D eigenvalue weighted by Gasteiger charge is 2.25. The molecular formula is C32H37N3O4. The molecule has 0 saturated carbocycles. The zero-order chi connectivity index (χ0) is 28.0. The van der Waals surface area contributed by atoms with Crippen LogP contribution in [0.5, 0.6) is 11.5 Å². The first kappa shape index (κ1) is 27.9. The first-order valence-corrected chi connectivity index (χ1v) is 13.3. The van der Waals surface area contributed by atoms with Gasteiger partial charge in [-0.3, -0.25) is 9.36 Å². The van der Waals surface area contributed by atoms with Gasteiger partial charge >= 0.3 is 5.69 Å². The van der Waals surface area contributed by atoms with Crippen molar-refractivity contribution in [1.82, 2.24) is 14.3 Å². The number of ether oxygens (including phenoxy) is 2. The minimum atomic E-state index is -0.855. The number of rotatable bonds is 12. The number of nitrogens with zero attached hydrogens (tertiary/aromatic N) is 3. The van der Waals surface area contributed by atoms with Crippen LogP contribution in [0.3, 0.4) is 0 Å². The molecule has 0 aliphatic carbocycles. The smallest absolute Gasteiger partial charge is 0.346 e. The summed E-state index contributed by atoms with van der Waals surface area (Å²) in [5.41, 5.74) is 3.42. The molecule has 0 unspecified atom stereocenters. The number of ketones is 1. The van der Waals surface area contributed by atoms with Crippen molar-refractivity contribution in [1.29, 1.82) is 0 Å². The molecule has 0 saturated heterocycles. The van der Waals surface area contributed by atoms with Gasteiger partial charge in [-0.2, -0.15) is 5.10 Å². The molecule has 0 bridgehead atoms. The van der Waals surface area contributed by atoms with Crippen molar-refractivity contribution in [3.63, 3.8) is 0 Å². The summed E-state index contributed by atoms with van der Waals surface area (Å²) in [7, 11) is 1.64. The molecule has 0 atom stereocenters. The van der Waals surface area contributed by atoms with Crippen molar-refractivity contribution in [2.75, 3.05) is 7.11 Å². The Morgan fingerprint density at radius 3 is 2.00 bits per heavy atom. The summed E-state index contributed by atoms with van der Waals surface area (Å²) in [5.74, 6) is 2.20. The van der Waals surface area contributed by atoms with E-state index >= 15 is 0 Å². The van der Waals surface area contributed by atoms with Gasteiger partial charge in [-0.15, -0.1) is 0 Å². The number of methoxy groups -OCH3 is 1. The molecule has 0 radical (unpaired) electrons. The van der Waals surface area contributed by atoms with Crippen molar-refractivity contribution in [2.24, 2.45) is 0 Å². The van der Waals surface area contributed by atoms with Gasteiger partial charge in [-0.1, -0.05) is 54.1 Å². The Kier molecular flexibility index (Phi) is 8.69. The average molecular weight is 528 g/mol. The monoisotopic (exact) mass is 527 g/mol. The van der Waals surface area contributed by atoms with Crippen molar-refractivity contribution in [2.45, 2.75) is 65.6 Å². The van der Waals surface area contributed by atoms with Gasteiger partial charge in [0.1, 0.15) is 17.3 Å². The lowest BCUT2D eigenvalue weighted by Crippen LogP contribution is -2.36. The summed E-state index contributed by atoms with van der Waals surface area (Å²) in [5, 5.41) is 4.75. The lowest BCUT2D eigenvalue weighted by atomic mass is 10.0. The van der Waals surface area contributed by atoms with Gasteiger partial charge in [0.2, 0.25) is 0 Å². The summed E-state index contributed by atoms with van der Waals surface area (Å²) in [6.07, 6.45) is 2.34. The minimum Gasteiger partial charge on any atom is -0.497 e. The van der Waals surface area contributed by atoms with E-state index in [0.717, 1.165) is 41.1 Å². The standard InChI is InChI=1S/C32H37N3O4/c1-23-9-11-27(12-10-23)22-35-31(37)34(21-26-15-17-28(38-5)18-16-26)30(33-35)8-6-7-25-13-19-29(20-14-25)39-32(3,4)24(2)36/h9-20H,6-8,21-22H2,1-5H3. The number of carbonyl (C=O) groups excluding carboxylic acids is 1. The number of aryl methyl sites for hydroxylation is 3. The fourth-order valence-corrected chi connectivity index (χ4v) is 4.25. The molecule has 0 amide bonds. The van der Waals surface area contributed by atoms with Crippen LogP contribution in [-0.4, -0.2) is 32.8 Å². The second-order valence-corrected chi connectivity index (χ2v) is 10.4. The lowest BCUT2D eigenvalue weighted by Gasteiger charge is -2.23. The summed E-state index contributed by atoms with van der Waals surface area (Å²) < 4.78 is 14.5. The molecule has 1 aromatic heterocycles. The van der Waals surface area contributed by atoms with Crippen LogP contribution in [0.25, 0.3) is 0 Å². The fraction of sp³-hybridized carbons (Fsp3) is 0.344. The quantitative estimate of drug-likeness (QED) is 0.247. The van der Waals surface area contributed by atoms with E-state index < -0.39 is 5.60 Å². The number of Topliss-reactive ketones (excluding diaryl/α,β-unsaturated/α-hetero) is 1. The Hall–Kier alpha value is -4.13. The van der Waals surface area contributed by atoms with Gasteiger partial charge < -0.3 is 9.47 Å². The normalized spacial score (nSPS) is 11.4. The zero-order valence-corrected chi connectivity index (χ0v) is 23.4. The highest BCUT2D eigenvalue weighted by molar-refractivity contribution is 5.84. The number of aromatic nitrogens is 3. The van der Waals surface area contributed by atoms with E-state index in [1.54, 1.807) is 30.2 Å². The summed E-state index contributed by atoms with van der Waals surface area (Å²) in [6, 6.07) is 23.8. The van der Waals surface area contributed by atoms with Crippen molar-refractivity contribution in [3.05, 3.63) is 111 Å². The second kappa shape index (κ2) is 12.2. The molecule has 0 aliphatic heterocycles. The molecular weight excluding hydrogens is 490 g/mol. The van der Waals surface area contributed by atoms with E-state index in [-0.39, 0.29) is 11.5 Å². The van der Waals surface area contributed by atoms with E-state index in [9.17, 15) is 9.59 Å². The van der Waals surface area contributed by atoms with E-state index in [1.807, 2.05) is 79.7 Å². The lowest BCUT2D eigenvalue weighted by molar-refractivity contribution is -0.129. The van der Waals surface area contributed by atoms with Crippen molar-refractivity contribution >= 4 is 5.78 Å². The molecule has 1 heterocycles. The second-order valence-electron chi connectivity index (χ2n) is 10.4. The van der Waals surface area contributed by atoms with Crippen molar-refractivity contribution in [3.8, 4) is 11.5 Å². The number of hydrogen-bond donors (Lipinski definition) is 0. The molecule has 3 aromatic carbocycles. The van der Waals surface area contributed by atoms with Crippen LogP contribution >= 0.6 is 0 Å². The van der Waals surface area contributed by atoms with E-state index in [2.05, 4.69) is 0 Å². The Labute approximate surface area is 230 Å². The van der Waals surface area contributed by atoms with Crippen LogP contribution in [0.2, 0.25) is 0 Å². The topological polar surface area (TPSA) is 75.3 Å². The zero-order valence-electron chi connectivity index (χ0n) is 23.4. The molecule has 0 aliphatic rings. The molecule has 4 aromatic rings. The van der Waals surface area contributed by atoms with E-state index in [1.165, 1.54) is 12.5 Å². The molecule has 0 N–H and O–H groups in total. The van der Waals surface area contributed by atoms with Crippen LogP contribution in [0.1, 0.15) is 55.3 Å². The molecule has 7 nitrogen and oxygen atoms in total. The summed E-state index contributed by atoms with van der Waals surface area (Å²) in [4.78, 5) is 25.2. The maximum absolute atomic E-state index is 13.4. The predicted octanol–water partition coefficient (Wildman–Crippen LogP) is 5.38. The Balaban J connectivity index is 1.49. The SMILES string of the molecule is COc1ccc(Cn2c(CCCc3ccc(OC(C)(C)C(C)=O)cc3)nn(Cc3ccc(C)cc3)c2=O)cc1. The van der Waals surface area contributed by atoms with E-state index in [4.69, 9.17) is 14.6 Å². The molecule has 0 fully saturated rings. The molecule has 0 spiro atoms. The summed E-state index contributed by atoms with van der Waals surface area (Å²) in [6.45, 7) is 8.00. The minimum absolute atomic E-state index is 0.0194. The molecule has 4 rings (SSSR count). The van der Waals surface area contributed by atoms with Crippen molar-refractivity contribution < 1.29 is 14.3 Å². The summed E-state index contributed by atoms with van der Waals surface area (Å²) >= 11 is 0. The first-order valence-electron chi connectivity index (χ1n) is 13.3. The van der Waals surface area contributed by atoms with E-state index in [0.29, 0.717) is 25.3 Å². The van der Waals surface area contributed by atoms with Gasteiger partial charge in [0.15, 0.2) is 11.4 Å². The maximum Gasteiger partial charge on any atom is 0.346 e. The third-order valence-electron chi connectivity index (χ3n) is 6.96. The first-order chi connectivity index (χ1) is 18.6. The van der Waals surface area contributed by atoms with Crippen LogP contribution < -0.4 is 15.2 Å². The average Bonchev–Trinajstić information content (AvgIpc) is 3.20. The Bertz CT molecular complexity index is 1450. The largest absolute Gasteiger partial charge is 0.497 e. The number of hydrogen-bond acceptors (Lipinski definition) is 5. The van der Waals surface area contributed by atoms with Gasteiger partial charge in [-0.05, 0) is 81.5 Å². The van der Waals surface area contributed by atoms with Crippen LogP contribution in [-0.2, 0) is 30.7 Å². The number of benzene rings is 3. The highest BCUT2D eigenvalue weighted by atomic mass is 16.5. The molecule has 7 heteroatoms. The van der Waals surface area contributed by atoms with Crippen LogP contribution in [0.4, 0.5) is 0 Å². The number of carbonyl (C=O) groups is 1. The third kappa shape index (κ3) is 7.25. The molecule has 39 heavy (non-hydrogen) atoms. The Morgan fingerprint density at radius 2 is 1.38 bits per heavy atom. The van der Waals surface area contributed by atoms with Crippen LogP contribution in [0, 0.1) is 6.92 Å². The maximum atomic E-state index is 13.4. The van der Waals surface area contributed by atoms with Gasteiger partial charge in [0.05, 0.1) is 20.2 Å². The van der Waals surface area contributed by atoms with Gasteiger partial charge in [0.25, 0.3) is 0 Å². The van der Waals surface area contributed by atoms with Crippen LogP contribution in [0.15, 0.2) is 77.6 Å². The molecule has 204 valence electrons. The highest BCUT2D eigenvalue weighted by Crippen LogP contribution is 2.21. The van der Waals surface area contributed by atoms with Gasteiger partial charge in [0, 0.05) is 6.42 Å². The fourth-order valence-electron chi connectivity index (χ4n) is 4.25.